The molecular formula is C12H21N3OS. The zero-order valence-corrected chi connectivity index (χ0v) is 11.0. The van der Waals surface area contributed by atoms with Crippen molar-refractivity contribution in [2.45, 2.75) is 44.6 Å². The first-order valence-corrected chi connectivity index (χ1v) is 6.98. The Morgan fingerprint density at radius 2 is 2.06 bits per heavy atom. The lowest BCUT2D eigenvalue weighted by molar-refractivity contribution is -0.120. The van der Waals surface area contributed by atoms with E-state index in [0.717, 1.165) is 24.6 Å². The van der Waals surface area contributed by atoms with E-state index in [0.29, 0.717) is 12.6 Å². The van der Waals surface area contributed by atoms with Crippen LogP contribution >= 0.6 is 12.2 Å². The van der Waals surface area contributed by atoms with E-state index in [2.05, 4.69) is 10.6 Å². The van der Waals surface area contributed by atoms with E-state index in [-0.39, 0.29) is 5.91 Å². The van der Waals surface area contributed by atoms with Crippen molar-refractivity contribution in [3.8, 4) is 0 Å². The molecule has 0 aromatic carbocycles. The van der Waals surface area contributed by atoms with Crippen molar-refractivity contribution in [2.75, 3.05) is 19.6 Å². The molecule has 2 N–H and O–H groups in total. The van der Waals surface area contributed by atoms with Gasteiger partial charge in [-0.15, -0.1) is 0 Å². The van der Waals surface area contributed by atoms with E-state index in [1.54, 1.807) is 0 Å². The van der Waals surface area contributed by atoms with Gasteiger partial charge in [0.15, 0.2) is 5.11 Å². The number of hydrogen-bond acceptors (Lipinski definition) is 2. The quantitative estimate of drug-likeness (QED) is 0.687. The molecule has 0 atom stereocenters. The van der Waals surface area contributed by atoms with Gasteiger partial charge in [-0.05, 0) is 31.5 Å². The number of carbonyl (C=O) groups excluding carboxylic acids is 1. The number of nitrogens with one attached hydrogen (secondary N) is 2. The molecule has 1 amide bonds. The summed E-state index contributed by atoms with van der Waals surface area (Å²) in [6, 6.07) is 0.516. The molecule has 1 aliphatic heterocycles. The SMILES string of the molecule is O=C1CN(C(=S)NC2CCCCC2)CCCN1. The van der Waals surface area contributed by atoms with Crippen LogP contribution in [-0.4, -0.2) is 41.6 Å². The topological polar surface area (TPSA) is 44.4 Å². The van der Waals surface area contributed by atoms with Crippen molar-refractivity contribution in [1.82, 2.24) is 15.5 Å². The lowest BCUT2D eigenvalue weighted by Crippen LogP contribution is -2.47. The molecule has 5 heteroatoms. The highest BCUT2D eigenvalue weighted by Gasteiger charge is 2.20. The predicted molar refractivity (Wildman–Crippen MR) is 71.8 cm³/mol. The smallest absolute Gasteiger partial charge is 0.239 e. The number of hydrogen-bond donors (Lipinski definition) is 2. The second kappa shape index (κ2) is 6.19. The van der Waals surface area contributed by atoms with Gasteiger partial charge in [-0.2, -0.15) is 0 Å². The second-order valence-electron chi connectivity index (χ2n) is 4.91. The van der Waals surface area contributed by atoms with Crippen molar-refractivity contribution >= 4 is 23.2 Å². The van der Waals surface area contributed by atoms with Crippen molar-refractivity contribution in [3.05, 3.63) is 0 Å². The fourth-order valence-corrected chi connectivity index (χ4v) is 2.81. The maximum Gasteiger partial charge on any atom is 0.239 e. The van der Waals surface area contributed by atoms with Crippen molar-refractivity contribution in [3.63, 3.8) is 0 Å². The molecule has 1 saturated carbocycles. The maximum atomic E-state index is 11.4. The summed E-state index contributed by atoms with van der Waals surface area (Å²) < 4.78 is 0. The summed E-state index contributed by atoms with van der Waals surface area (Å²) in [5.74, 6) is 0.0790. The third-order valence-electron chi connectivity index (χ3n) is 3.48. The third-order valence-corrected chi connectivity index (χ3v) is 3.86. The maximum absolute atomic E-state index is 11.4. The van der Waals surface area contributed by atoms with Crippen LogP contribution in [0.5, 0.6) is 0 Å². The van der Waals surface area contributed by atoms with E-state index in [1.807, 2.05) is 4.90 Å². The Bertz CT molecular complexity index is 289. The first-order chi connectivity index (χ1) is 8.25. The van der Waals surface area contributed by atoms with Crippen LogP contribution in [0.15, 0.2) is 0 Å². The van der Waals surface area contributed by atoms with Crippen LogP contribution in [0, 0.1) is 0 Å². The second-order valence-corrected chi connectivity index (χ2v) is 5.30. The van der Waals surface area contributed by atoms with Crippen molar-refractivity contribution in [2.24, 2.45) is 0 Å². The number of amides is 1. The number of rotatable bonds is 1. The lowest BCUT2D eigenvalue weighted by Gasteiger charge is -2.29. The summed E-state index contributed by atoms with van der Waals surface area (Å²) in [4.78, 5) is 13.4. The average molecular weight is 255 g/mol. The van der Waals surface area contributed by atoms with Crippen LogP contribution in [0.4, 0.5) is 0 Å². The number of carbonyl (C=O) groups is 1. The normalized spacial score (nSPS) is 22.8. The summed E-state index contributed by atoms with van der Waals surface area (Å²) in [5.41, 5.74) is 0. The zero-order chi connectivity index (χ0) is 12.1. The summed E-state index contributed by atoms with van der Waals surface area (Å²) in [6.07, 6.45) is 7.32. The Balaban J connectivity index is 1.82. The van der Waals surface area contributed by atoms with Gasteiger partial charge in [0.25, 0.3) is 0 Å². The molecular weight excluding hydrogens is 234 g/mol. The molecule has 0 aromatic heterocycles. The molecule has 2 aliphatic rings. The summed E-state index contributed by atoms with van der Waals surface area (Å²) in [5, 5.41) is 7.04. The van der Waals surface area contributed by atoms with Gasteiger partial charge in [0.2, 0.25) is 5.91 Å². The Morgan fingerprint density at radius 1 is 1.29 bits per heavy atom. The Kier molecular flexibility index (Phi) is 4.59. The summed E-state index contributed by atoms with van der Waals surface area (Å²) in [7, 11) is 0. The molecule has 1 saturated heterocycles. The summed E-state index contributed by atoms with van der Waals surface area (Å²) >= 11 is 5.40. The molecule has 0 bridgehead atoms. The van der Waals surface area contributed by atoms with Crippen molar-refractivity contribution in [1.29, 1.82) is 0 Å². The highest BCUT2D eigenvalue weighted by Crippen LogP contribution is 2.17. The van der Waals surface area contributed by atoms with Gasteiger partial charge in [0.05, 0.1) is 6.54 Å². The van der Waals surface area contributed by atoms with Gasteiger partial charge in [0.1, 0.15) is 0 Å². The van der Waals surface area contributed by atoms with E-state index < -0.39 is 0 Å². The van der Waals surface area contributed by atoms with Gasteiger partial charge < -0.3 is 15.5 Å². The molecule has 0 aromatic rings. The van der Waals surface area contributed by atoms with Crippen LogP contribution < -0.4 is 10.6 Å². The molecule has 1 heterocycles. The fraction of sp³-hybridized carbons (Fsp3) is 0.833. The third kappa shape index (κ3) is 3.84. The minimum atomic E-state index is 0.0790. The standard InChI is InChI=1S/C12H21N3OS/c16-11-9-15(8-4-7-13-11)12(17)14-10-5-2-1-3-6-10/h10H,1-9H2,(H,13,16)(H,14,17). The fourth-order valence-electron chi connectivity index (χ4n) is 2.49. The minimum absolute atomic E-state index is 0.0790. The Labute approximate surface area is 108 Å². The molecule has 0 radical (unpaired) electrons. The first-order valence-electron chi connectivity index (χ1n) is 6.58. The molecule has 17 heavy (non-hydrogen) atoms. The lowest BCUT2D eigenvalue weighted by atomic mass is 9.96. The molecule has 0 spiro atoms. The molecule has 2 rings (SSSR count). The number of nitrogens with zero attached hydrogens (tertiary/aromatic N) is 1. The minimum Gasteiger partial charge on any atom is -0.360 e. The van der Waals surface area contributed by atoms with Gasteiger partial charge in [0, 0.05) is 19.1 Å². The molecule has 0 unspecified atom stereocenters. The van der Waals surface area contributed by atoms with Gasteiger partial charge in [-0.3, -0.25) is 4.79 Å². The Morgan fingerprint density at radius 3 is 2.82 bits per heavy atom. The Hall–Kier alpha value is -0.840. The van der Waals surface area contributed by atoms with Gasteiger partial charge >= 0.3 is 0 Å². The van der Waals surface area contributed by atoms with Crippen LogP contribution in [0.3, 0.4) is 0 Å². The average Bonchev–Trinajstić information content (AvgIpc) is 2.55. The molecule has 96 valence electrons. The molecule has 2 fully saturated rings. The van der Waals surface area contributed by atoms with Crippen LogP contribution in [-0.2, 0) is 4.79 Å². The van der Waals surface area contributed by atoms with E-state index in [9.17, 15) is 4.79 Å². The van der Waals surface area contributed by atoms with Crippen molar-refractivity contribution < 1.29 is 4.79 Å². The molecule has 4 nitrogen and oxygen atoms in total. The highest BCUT2D eigenvalue weighted by atomic mass is 32.1. The van der Waals surface area contributed by atoms with Crippen LogP contribution in [0.2, 0.25) is 0 Å². The van der Waals surface area contributed by atoms with Gasteiger partial charge in [-0.1, -0.05) is 19.3 Å². The largest absolute Gasteiger partial charge is 0.360 e. The zero-order valence-electron chi connectivity index (χ0n) is 10.2. The van der Waals surface area contributed by atoms with E-state index in [1.165, 1.54) is 32.1 Å². The highest BCUT2D eigenvalue weighted by molar-refractivity contribution is 7.80. The predicted octanol–water partition coefficient (Wildman–Crippen LogP) is 1.02. The van der Waals surface area contributed by atoms with Gasteiger partial charge in [-0.25, -0.2) is 0 Å². The van der Waals surface area contributed by atoms with Crippen LogP contribution in [0.25, 0.3) is 0 Å². The first kappa shape index (κ1) is 12.6. The molecule has 1 aliphatic carbocycles. The van der Waals surface area contributed by atoms with Crippen LogP contribution in [0.1, 0.15) is 38.5 Å². The summed E-state index contributed by atoms with van der Waals surface area (Å²) in [6.45, 7) is 2.04. The monoisotopic (exact) mass is 255 g/mol. The van der Waals surface area contributed by atoms with E-state index >= 15 is 0 Å². The van der Waals surface area contributed by atoms with E-state index in [4.69, 9.17) is 12.2 Å². The number of thiocarbonyl (C=S) groups is 1.